The average Bonchev–Trinajstić information content (AvgIpc) is 2.94. The monoisotopic (exact) mass is 273 g/mol. The molecule has 0 bridgehead atoms. The van der Waals surface area contributed by atoms with E-state index in [0.717, 1.165) is 12.5 Å². The third-order valence-electron chi connectivity index (χ3n) is 4.88. The largest absolute Gasteiger partial charge is 0.310 e. The van der Waals surface area contributed by atoms with Crippen LogP contribution in [-0.2, 0) is 12.8 Å². The minimum Gasteiger partial charge on any atom is -0.310 e. The summed E-state index contributed by atoms with van der Waals surface area (Å²) in [6.07, 6.45) is 9.26. The normalized spacial score (nSPS) is 16.9. The SMILES string of the molecule is CCCCC(CC)CNC(C)c1ccc2c(c1)CCC2. The standard InChI is InChI=1S/C19H31N/c1-4-6-8-16(5-2)14-20-15(3)18-12-11-17-9-7-10-19(17)13-18/h11-13,15-16,20H,4-10,14H2,1-3H3. The first kappa shape index (κ1) is 15.6. The summed E-state index contributed by atoms with van der Waals surface area (Å²) in [5, 5.41) is 3.75. The van der Waals surface area contributed by atoms with Gasteiger partial charge in [-0.2, -0.15) is 0 Å². The van der Waals surface area contributed by atoms with Crippen molar-refractivity contribution in [1.29, 1.82) is 0 Å². The summed E-state index contributed by atoms with van der Waals surface area (Å²) in [5.41, 5.74) is 4.64. The van der Waals surface area contributed by atoms with Gasteiger partial charge in [0.25, 0.3) is 0 Å². The molecule has 0 aromatic heterocycles. The van der Waals surface area contributed by atoms with Gasteiger partial charge in [-0.1, -0.05) is 51.3 Å². The number of nitrogens with one attached hydrogen (secondary N) is 1. The van der Waals surface area contributed by atoms with Crippen LogP contribution in [0.4, 0.5) is 0 Å². The lowest BCUT2D eigenvalue weighted by molar-refractivity contribution is 0.398. The van der Waals surface area contributed by atoms with E-state index in [9.17, 15) is 0 Å². The Bertz CT molecular complexity index is 410. The maximum atomic E-state index is 3.75. The second-order valence-corrected chi connectivity index (χ2v) is 6.43. The van der Waals surface area contributed by atoms with Gasteiger partial charge in [-0.3, -0.25) is 0 Å². The van der Waals surface area contributed by atoms with Crippen molar-refractivity contribution in [1.82, 2.24) is 5.32 Å². The van der Waals surface area contributed by atoms with Crippen molar-refractivity contribution in [3.8, 4) is 0 Å². The van der Waals surface area contributed by atoms with Gasteiger partial charge in [0.15, 0.2) is 0 Å². The molecule has 1 aliphatic carbocycles. The molecule has 1 N–H and O–H groups in total. The Hall–Kier alpha value is -0.820. The van der Waals surface area contributed by atoms with E-state index in [4.69, 9.17) is 0 Å². The zero-order chi connectivity index (χ0) is 14.4. The minimum absolute atomic E-state index is 0.483. The lowest BCUT2D eigenvalue weighted by Gasteiger charge is -2.20. The zero-order valence-corrected chi connectivity index (χ0v) is 13.5. The molecule has 1 heteroatoms. The quantitative estimate of drug-likeness (QED) is 0.699. The predicted octanol–water partition coefficient (Wildman–Crippen LogP) is 5.04. The molecule has 0 saturated heterocycles. The molecule has 0 saturated carbocycles. The maximum Gasteiger partial charge on any atom is 0.0292 e. The molecule has 0 radical (unpaired) electrons. The average molecular weight is 273 g/mol. The van der Waals surface area contributed by atoms with Crippen LogP contribution in [0.1, 0.15) is 75.6 Å². The third kappa shape index (κ3) is 4.09. The van der Waals surface area contributed by atoms with Crippen molar-refractivity contribution in [3.63, 3.8) is 0 Å². The lowest BCUT2D eigenvalue weighted by Crippen LogP contribution is -2.25. The van der Waals surface area contributed by atoms with Gasteiger partial charge >= 0.3 is 0 Å². The Kier molecular flexibility index (Phi) is 6.09. The van der Waals surface area contributed by atoms with E-state index in [2.05, 4.69) is 44.3 Å². The van der Waals surface area contributed by atoms with Crippen LogP contribution in [0.25, 0.3) is 0 Å². The number of fused-ring (bicyclic) bond motifs is 1. The third-order valence-corrected chi connectivity index (χ3v) is 4.88. The van der Waals surface area contributed by atoms with Gasteiger partial charge in [0.05, 0.1) is 0 Å². The molecule has 112 valence electrons. The molecule has 0 aliphatic heterocycles. The van der Waals surface area contributed by atoms with Gasteiger partial charge in [-0.25, -0.2) is 0 Å². The summed E-state index contributed by atoms with van der Waals surface area (Å²) >= 11 is 0. The molecular formula is C19H31N. The number of benzene rings is 1. The molecule has 1 aliphatic rings. The molecule has 2 unspecified atom stereocenters. The number of hydrogen-bond acceptors (Lipinski definition) is 1. The molecule has 1 aromatic rings. The topological polar surface area (TPSA) is 12.0 Å². The highest BCUT2D eigenvalue weighted by molar-refractivity contribution is 5.36. The molecule has 0 spiro atoms. The van der Waals surface area contributed by atoms with Gasteiger partial charge in [0.2, 0.25) is 0 Å². The van der Waals surface area contributed by atoms with Crippen LogP contribution in [-0.4, -0.2) is 6.54 Å². The first-order valence-corrected chi connectivity index (χ1v) is 8.59. The fraction of sp³-hybridized carbons (Fsp3) is 0.684. The van der Waals surface area contributed by atoms with Gasteiger partial charge < -0.3 is 5.32 Å². The van der Waals surface area contributed by atoms with E-state index in [1.807, 2.05) is 0 Å². The molecule has 1 aromatic carbocycles. The summed E-state index contributed by atoms with van der Waals surface area (Å²) in [6, 6.07) is 7.60. The van der Waals surface area contributed by atoms with Crippen LogP contribution < -0.4 is 5.32 Å². The zero-order valence-electron chi connectivity index (χ0n) is 13.5. The second kappa shape index (κ2) is 7.83. The van der Waals surface area contributed by atoms with E-state index in [-0.39, 0.29) is 0 Å². The van der Waals surface area contributed by atoms with E-state index < -0.39 is 0 Å². The lowest BCUT2D eigenvalue weighted by atomic mass is 9.97. The van der Waals surface area contributed by atoms with E-state index in [0.29, 0.717) is 6.04 Å². The van der Waals surface area contributed by atoms with E-state index in [1.54, 1.807) is 11.1 Å². The summed E-state index contributed by atoms with van der Waals surface area (Å²) in [6.45, 7) is 8.08. The number of unbranched alkanes of at least 4 members (excludes halogenated alkanes) is 1. The van der Waals surface area contributed by atoms with Crippen LogP contribution in [0, 0.1) is 5.92 Å². The van der Waals surface area contributed by atoms with Crippen molar-refractivity contribution in [3.05, 3.63) is 34.9 Å². The number of rotatable bonds is 8. The van der Waals surface area contributed by atoms with Crippen LogP contribution >= 0.6 is 0 Å². The Balaban J connectivity index is 1.86. The summed E-state index contributed by atoms with van der Waals surface area (Å²) in [4.78, 5) is 0. The molecule has 20 heavy (non-hydrogen) atoms. The van der Waals surface area contributed by atoms with Crippen molar-refractivity contribution in [2.24, 2.45) is 5.92 Å². The van der Waals surface area contributed by atoms with Crippen LogP contribution in [0.3, 0.4) is 0 Å². The Morgan fingerprint density at radius 3 is 2.70 bits per heavy atom. The van der Waals surface area contributed by atoms with Crippen LogP contribution in [0.5, 0.6) is 0 Å². The molecule has 0 amide bonds. The van der Waals surface area contributed by atoms with Crippen molar-refractivity contribution >= 4 is 0 Å². The summed E-state index contributed by atoms with van der Waals surface area (Å²) < 4.78 is 0. The van der Waals surface area contributed by atoms with Gasteiger partial charge in [0.1, 0.15) is 0 Å². The first-order valence-electron chi connectivity index (χ1n) is 8.59. The first-order chi connectivity index (χ1) is 9.74. The van der Waals surface area contributed by atoms with Crippen molar-refractivity contribution in [2.75, 3.05) is 6.54 Å². The minimum atomic E-state index is 0.483. The van der Waals surface area contributed by atoms with E-state index in [1.165, 1.54) is 50.5 Å². The predicted molar refractivity (Wildman–Crippen MR) is 88.2 cm³/mol. The number of hydrogen-bond donors (Lipinski definition) is 1. The van der Waals surface area contributed by atoms with Crippen LogP contribution in [0.15, 0.2) is 18.2 Å². The highest BCUT2D eigenvalue weighted by Crippen LogP contribution is 2.25. The van der Waals surface area contributed by atoms with Gasteiger partial charge in [-0.05, 0) is 61.8 Å². The second-order valence-electron chi connectivity index (χ2n) is 6.43. The molecule has 2 rings (SSSR count). The summed E-state index contributed by atoms with van der Waals surface area (Å²) in [5.74, 6) is 0.840. The summed E-state index contributed by atoms with van der Waals surface area (Å²) in [7, 11) is 0. The van der Waals surface area contributed by atoms with Gasteiger partial charge in [0, 0.05) is 6.04 Å². The highest BCUT2D eigenvalue weighted by Gasteiger charge is 2.14. The van der Waals surface area contributed by atoms with Crippen molar-refractivity contribution < 1.29 is 0 Å². The van der Waals surface area contributed by atoms with Crippen molar-refractivity contribution in [2.45, 2.75) is 71.8 Å². The van der Waals surface area contributed by atoms with E-state index >= 15 is 0 Å². The Morgan fingerprint density at radius 1 is 1.15 bits per heavy atom. The molecule has 0 fully saturated rings. The molecule has 0 heterocycles. The fourth-order valence-electron chi connectivity index (χ4n) is 3.27. The molecular weight excluding hydrogens is 242 g/mol. The maximum absolute atomic E-state index is 3.75. The number of aryl methyl sites for hydroxylation is 2. The molecule has 2 atom stereocenters. The Labute approximate surface area is 125 Å². The Morgan fingerprint density at radius 2 is 1.95 bits per heavy atom. The molecule has 1 nitrogen and oxygen atoms in total. The van der Waals surface area contributed by atoms with Gasteiger partial charge in [-0.15, -0.1) is 0 Å². The van der Waals surface area contributed by atoms with Crippen LogP contribution in [0.2, 0.25) is 0 Å². The smallest absolute Gasteiger partial charge is 0.0292 e. The highest BCUT2D eigenvalue weighted by atomic mass is 14.9. The fourth-order valence-corrected chi connectivity index (χ4v) is 3.27.